The number of carbonyl (C=O) groups excluding carboxylic acids is 1. The molecule has 0 aromatic heterocycles. The number of hydrogen-bond acceptors (Lipinski definition) is 5. The number of fused-ring (bicyclic) bond motifs is 2. The number of rotatable bonds is 3. The molecule has 0 radical (unpaired) electrons. The quantitative estimate of drug-likeness (QED) is 0.845. The normalized spacial score (nSPS) is 32.1. The van der Waals surface area contributed by atoms with Crippen molar-refractivity contribution in [1.82, 2.24) is 9.80 Å². The second-order valence-electron chi connectivity index (χ2n) is 9.18. The smallest absolute Gasteiger partial charge is 0.236 e. The van der Waals surface area contributed by atoms with E-state index >= 15 is 0 Å². The number of piperidine rings is 2. The topological polar surface area (TPSA) is 62.2 Å². The molecule has 0 spiro atoms. The van der Waals surface area contributed by atoms with Crippen molar-refractivity contribution in [2.45, 2.75) is 63.0 Å². The molecule has 0 bridgehead atoms. The summed E-state index contributed by atoms with van der Waals surface area (Å²) in [6.45, 7) is 3.22. The minimum Gasteiger partial charge on any atom is -0.454 e. The average molecular weight is 401 g/mol. The lowest BCUT2D eigenvalue weighted by molar-refractivity contribution is -0.145. The fourth-order valence-electron chi connectivity index (χ4n) is 5.88. The molecule has 1 aromatic rings. The Balaban J connectivity index is 1.43. The molecular weight excluding hydrogens is 368 g/mol. The summed E-state index contributed by atoms with van der Waals surface area (Å²) in [6.07, 6.45) is 8.31. The number of hydrogen-bond donors (Lipinski definition) is 1. The molecule has 3 heterocycles. The van der Waals surface area contributed by atoms with Gasteiger partial charge in [-0.2, -0.15) is 0 Å². The van der Waals surface area contributed by atoms with Gasteiger partial charge in [-0.05, 0) is 56.2 Å². The summed E-state index contributed by atoms with van der Waals surface area (Å²) in [5.74, 6) is 1.94. The molecule has 4 aliphatic rings. The molecule has 6 heteroatoms. The summed E-state index contributed by atoms with van der Waals surface area (Å²) < 4.78 is 11.1. The first kappa shape index (κ1) is 19.2. The second-order valence-corrected chi connectivity index (χ2v) is 9.18. The van der Waals surface area contributed by atoms with Gasteiger partial charge < -0.3 is 19.5 Å². The standard InChI is InChI=1S/C23H32N2O4/c26-21(24-11-4-1-5-12-24)15-25-13-10-23(27)9-3-2-6-18(23)22(25)17-7-8-19-20(14-17)29-16-28-19/h7-8,14,18,22,27H,1-6,9-13,15-16H2/t18-,22+,23+/m1/s1. The molecule has 6 nitrogen and oxygen atoms in total. The highest BCUT2D eigenvalue weighted by Gasteiger charge is 2.49. The Morgan fingerprint density at radius 3 is 2.72 bits per heavy atom. The van der Waals surface area contributed by atoms with Crippen LogP contribution < -0.4 is 9.47 Å². The van der Waals surface area contributed by atoms with Gasteiger partial charge in [-0.1, -0.05) is 18.9 Å². The van der Waals surface area contributed by atoms with E-state index in [0.717, 1.165) is 81.6 Å². The minimum absolute atomic E-state index is 0.0392. The van der Waals surface area contributed by atoms with Crippen molar-refractivity contribution in [3.05, 3.63) is 23.8 Å². The maximum atomic E-state index is 13.0. The summed E-state index contributed by atoms with van der Waals surface area (Å²) >= 11 is 0. The summed E-state index contributed by atoms with van der Waals surface area (Å²) in [6, 6.07) is 6.17. The first-order chi connectivity index (χ1) is 14.1. The SMILES string of the molecule is O=C(CN1CC[C@@]2(O)CCCC[C@@H]2[C@@H]1c1ccc2c(c1)OCO2)N1CCCCC1. The van der Waals surface area contributed by atoms with Gasteiger partial charge in [-0.15, -0.1) is 0 Å². The fraction of sp³-hybridized carbons (Fsp3) is 0.696. The van der Waals surface area contributed by atoms with Gasteiger partial charge in [0.15, 0.2) is 11.5 Å². The third-order valence-electron chi connectivity index (χ3n) is 7.46. The van der Waals surface area contributed by atoms with E-state index in [9.17, 15) is 9.90 Å². The second kappa shape index (κ2) is 7.80. The van der Waals surface area contributed by atoms with Gasteiger partial charge in [0.2, 0.25) is 12.7 Å². The number of nitrogens with zero attached hydrogens (tertiary/aromatic N) is 2. The maximum absolute atomic E-state index is 13.0. The highest BCUT2D eigenvalue weighted by molar-refractivity contribution is 5.78. The predicted molar refractivity (Wildman–Crippen MR) is 109 cm³/mol. The van der Waals surface area contributed by atoms with Crippen LogP contribution in [-0.4, -0.2) is 59.4 Å². The first-order valence-corrected chi connectivity index (χ1v) is 11.3. The van der Waals surface area contributed by atoms with E-state index in [0.29, 0.717) is 6.54 Å². The highest BCUT2D eigenvalue weighted by Crippen LogP contribution is 2.50. The Morgan fingerprint density at radius 1 is 1.03 bits per heavy atom. The van der Waals surface area contributed by atoms with E-state index in [-0.39, 0.29) is 24.7 Å². The lowest BCUT2D eigenvalue weighted by atomic mass is 9.66. The van der Waals surface area contributed by atoms with E-state index in [4.69, 9.17) is 9.47 Å². The van der Waals surface area contributed by atoms with Crippen LogP contribution in [0.15, 0.2) is 18.2 Å². The number of likely N-dealkylation sites (tertiary alicyclic amines) is 2. The van der Waals surface area contributed by atoms with Crippen LogP contribution in [0.4, 0.5) is 0 Å². The molecule has 1 amide bonds. The molecule has 1 N–H and O–H groups in total. The lowest BCUT2D eigenvalue weighted by Gasteiger charge is -2.52. The molecule has 3 aliphatic heterocycles. The van der Waals surface area contributed by atoms with Crippen LogP contribution in [0.2, 0.25) is 0 Å². The van der Waals surface area contributed by atoms with Crippen LogP contribution in [0.25, 0.3) is 0 Å². The third-order valence-corrected chi connectivity index (χ3v) is 7.46. The van der Waals surface area contributed by atoms with E-state index in [1.165, 1.54) is 6.42 Å². The van der Waals surface area contributed by atoms with Gasteiger partial charge in [0.25, 0.3) is 0 Å². The van der Waals surface area contributed by atoms with Crippen LogP contribution in [0.1, 0.15) is 63.0 Å². The Bertz CT molecular complexity index is 763. The molecule has 158 valence electrons. The molecule has 1 aliphatic carbocycles. The molecule has 29 heavy (non-hydrogen) atoms. The number of carbonyl (C=O) groups is 1. The summed E-state index contributed by atoms with van der Waals surface area (Å²) in [7, 11) is 0. The molecule has 3 atom stereocenters. The van der Waals surface area contributed by atoms with E-state index in [2.05, 4.69) is 17.0 Å². The first-order valence-electron chi connectivity index (χ1n) is 11.3. The lowest BCUT2D eigenvalue weighted by Crippen LogP contribution is -2.56. The Kier molecular flexibility index (Phi) is 5.16. The van der Waals surface area contributed by atoms with E-state index in [1.54, 1.807) is 0 Å². The minimum atomic E-state index is -0.621. The molecule has 2 saturated heterocycles. The van der Waals surface area contributed by atoms with Crippen molar-refractivity contribution < 1.29 is 19.4 Å². The number of aliphatic hydroxyl groups is 1. The monoisotopic (exact) mass is 400 g/mol. The molecule has 5 rings (SSSR count). The predicted octanol–water partition coefficient (Wildman–Crippen LogP) is 3.10. The van der Waals surface area contributed by atoms with Crippen molar-refractivity contribution in [2.75, 3.05) is 33.0 Å². The average Bonchev–Trinajstić information content (AvgIpc) is 3.22. The Morgan fingerprint density at radius 2 is 1.86 bits per heavy atom. The molecule has 1 saturated carbocycles. The van der Waals surface area contributed by atoms with E-state index in [1.807, 2.05) is 11.0 Å². The number of ether oxygens (including phenoxy) is 2. The van der Waals surface area contributed by atoms with Crippen LogP contribution in [0, 0.1) is 5.92 Å². The Labute approximate surface area is 172 Å². The molecular formula is C23H32N2O4. The summed E-state index contributed by atoms with van der Waals surface area (Å²) in [4.78, 5) is 17.4. The third kappa shape index (κ3) is 3.61. The van der Waals surface area contributed by atoms with Crippen molar-refractivity contribution in [3.8, 4) is 11.5 Å². The van der Waals surface area contributed by atoms with Gasteiger partial charge in [0.1, 0.15) is 0 Å². The summed E-state index contributed by atoms with van der Waals surface area (Å²) in [5, 5.41) is 11.4. The maximum Gasteiger partial charge on any atom is 0.236 e. The highest BCUT2D eigenvalue weighted by atomic mass is 16.7. The van der Waals surface area contributed by atoms with Gasteiger partial charge in [0, 0.05) is 31.6 Å². The largest absolute Gasteiger partial charge is 0.454 e. The number of benzene rings is 1. The van der Waals surface area contributed by atoms with Crippen molar-refractivity contribution in [1.29, 1.82) is 0 Å². The molecule has 1 aromatic carbocycles. The number of amides is 1. The summed E-state index contributed by atoms with van der Waals surface area (Å²) in [5.41, 5.74) is 0.509. The fourth-order valence-corrected chi connectivity index (χ4v) is 5.88. The van der Waals surface area contributed by atoms with Crippen molar-refractivity contribution in [2.24, 2.45) is 5.92 Å². The molecule has 3 fully saturated rings. The van der Waals surface area contributed by atoms with Crippen LogP contribution in [0.5, 0.6) is 11.5 Å². The van der Waals surface area contributed by atoms with Crippen molar-refractivity contribution in [3.63, 3.8) is 0 Å². The van der Waals surface area contributed by atoms with Gasteiger partial charge in [-0.3, -0.25) is 9.69 Å². The zero-order valence-electron chi connectivity index (χ0n) is 17.1. The zero-order valence-corrected chi connectivity index (χ0v) is 17.1. The van der Waals surface area contributed by atoms with Crippen LogP contribution >= 0.6 is 0 Å². The van der Waals surface area contributed by atoms with Crippen molar-refractivity contribution >= 4 is 5.91 Å². The zero-order chi connectivity index (χ0) is 19.8. The van der Waals surface area contributed by atoms with Crippen LogP contribution in [0.3, 0.4) is 0 Å². The van der Waals surface area contributed by atoms with Gasteiger partial charge in [0.05, 0.1) is 12.1 Å². The van der Waals surface area contributed by atoms with Crippen LogP contribution in [-0.2, 0) is 4.79 Å². The Hall–Kier alpha value is -1.79. The molecule has 0 unspecified atom stereocenters. The van der Waals surface area contributed by atoms with Gasteiger partial charge >= 0.3 is 0 Å². The van der Waals surface area contributed by atoms with E-state index < -0.39 is 5.60 Å². The van der Waals surface area contributed by atoms with Gasteiger partial charge in [-0.25, -0.2) is 0 Å².